The lowest BCUT2D eigenvalue weighted by atomic mass is 9.97. The average molecular weight is 498 g/mol. The van der Waals surface area contributed by atoms with E-state index < -0.39 is 33.6 Å². The van der Waals surface area contributed by atoms with Crippen molar-refractivity contribution in [3.05, 3.63) is 53.6 Å². The topological polar surface area (TPSA) is 69.7 Å². The minimum absolute atomic E-state index is 0.0742. The maximum Gasteiger partial charge on any atom is 0.416 e. The maximum atomic E-state index is 13.2. The van der Waals surface area contributed by atoms with Gasteiger partial charge in [0.1, 0.15) is 0 Å². The fourth-order valence-electron chi connectivity index (χ4n) is 3.97. The SMILES string of the molecule is CC(C)c1ccc(S(=O)(=O)N2CCC(C(=O)Nc3cc(C(F)(F)F)ccc3N(C)C)CC2)cc1. The molecule has 1 aliphatic rings. The van der Waals surface area contributed by atoms with Crippen molar-refractivity contribution in [1.82, 2.24) is 4.31 Å². The lowest BCUT2D eigenvalue weighted by molar-refractivity contribution is -0.137. The number of carbonyl (C=O) groups is 1. The van der Waals surface area contributed by atoms with E-state index in [-0.39, 0.29) is 42.4 Å². The number of nitrogens with one attached hydrogen (secondary N) is 1. The van der Waals surface area contributed by atoms with Gasteiger partial charge in [0.2, 0.25) is 15.9 Å². The van der Waals surface area contributed by atoms with Crippen molar-refractivity contribution < 1.29 is 26.4 Å². The van der Waals surface area contributed by atoms with E-state index in [1.54, 1.807) is 43.3 Å². The second kappa shape index (κ2) is 9.95. The highest BCUT2D eigenvalue weighted by Gasteiger charge is 2.34. The Morgan fingerprint density at radius 2 is 1.65 bits per heavy atom. The van der Waals surface area contributed by atoms with Crippen LogP contribution in [-0.4, -0.2) is 45.8 Å². The van der Waals surface area contributed by atoms with Crippen LogP contribution < -0.4 is 10.2 Å². The van der Waals surface area contributed by atoms with Crippen LogP contribution in [0.4, 0.5) is 24.5 Å². The average Bonchev–Trinajstić information content (AvgIpc) is 2.78. The monoisotopic (exact) mass is 497 g/mol. The summed E-state index contributed by atoms with van der Waals surface area (Å²) in [7, 11) is -0.331. The highest BCUT2D eigenvalue weighted by Crippen LogP contribution is 2.35. The van der Waals surface area contributed by atoms with Crippen molar-refractivity contribution in [3.63, 3.8) is 0 Å². The van der Waals surface area contributed by atoms with Crippen LogP contribution in [-0.2, 0) is 21.0 Å². The van der Waals surface area contributed by atoms with Crippen LogP contribution in [0.3, 0.4) is 0 Å². The standard InChI is InChI=1S/C24H30F3N3O3S/c1-16(2)17-5-8-20(9-6-17)34(32,33)30-13-11-18(12-14-30)23(31)28-21-15-19(24(25,26)27)7-10-22(21)29(3)4/h5-10,15-16,18H,11-14H2,1-4H3,(H,28,31). The van der Waals surface area contributed by atoms with Crippen LogP contribution in [0.15, 0.2) is 47.4 Å². The molecule has 34 heavy (non-hydrogen) atoms. The smallest absolute Gasteiger partial charge is 0.376 e. The fourth-order valence-corrected chi connectivity index (χ4v) is 5.44. The fraction of sp³-hybridized carbons (Fsp3) is 0.458. The summed E-state index contributed by atoms with van der Waals surface area (Å²) < 4.78 is 66.8. The Labute approximate surface area is 198 Å². The van der Waals surface area contributed by atoms with Gasteiger partial charge in [0.05, 0.1) is 21.8 Å². The van der Waals surface area contributed by atoms with E-state index in [0.29, 0.717) is 5.69 Å². The van der Waals surface area contributed by atoms with E-state index >= 15 is 0 Å². The van der Waals surface area contributed by atoms with Gasteiger partial charge in [0.15, 0.2) is 0 Å². The molecule has 3 rings (SSSR count). The Bertz CT molecular complexity index is 1120. The van der Waals surface area contributed by atoms with E-state index in [0.717, 1.165) is 17.7 Å². The zero-order chi connectivity index (χ0) is 25.3. The largest absolute Gasteiger partial charge is 0.416 e. The number of alkyl halides is 3. The normalized spacial score (nSPS) is 16.0. The predicted octanol–water partition coefficient (Wildman–Crippen LogP) is 4.93. The summed E-state index contributed by atoms with van der Waals surface area (Å²) in [6.45, 7) is 4.38. The van der Waals surface area contributed by atoms with Crippen molar-refractivity contribution >= 4 is 27.3 Å². The van der Waals surface area contributed by atoms with Crippen molar-refractivity contribution in [1.29, 1.82) is 0 Å². The number of piperidine rings is 1. The molecule has 0 saturated carbocycles. The van der Waals surface area contributed by atoms with Gasteiger partial charge in [-0.15, -0.1) is 0 Å². The second-order valence-corrected chi connectivity index (χ2v) is 11.0. The Hall–Kier alpha value is -2.59. The molecule has 1 aliphatic heterocycles. The van der Waals surface area contributed by atoms with Crippen LogP contribution in [0.5, 0.6) is 0 Å². The Balaban J connectivity index is 1.69. The number of carbonyl (C=O) groups excluding carboxylic acids is 1. The third-order valence-corrected chi connectivity index (χ3v) is 7.99. The number of amides is 1. The molecule has 0 radical (unpaired) electrons. The van der Waals surface area contributed by atoms with Gasteiger partial charge in [-0.2, -0.15) is 17.5 Å². The Kier molecular flexibility index (Phi) is 7.62. The van der Waals surface area contributed by atoms with Crippen LogP contribution in [0, 0.1) is 5.92 Å². The highest BCUT2D eigenvalue weighted by atomic mass is 32.2. The zero-order valence-corrected chi connectivity index (χ0v) is 20.5. The van der Waals surface area contributed by atoms with E-state index in [9.17, 15) is 26.4 Å². The van der Waals surface area contributed by atoms with Gasteiger partial charge >= 0.3 is 6.18 Å². The number of hydrogen-bond acceptors (Lipinski definition) is 4. The molecule has 1 amide bonds. The molecule has 1 N–H and O–H groups in total. The summed E-state index contributed by atoms with van der Waals surface area (Å²) in [5.41, 5.74) is 0.718. The van der Waals surface area contributed by atoms with E-state index in [1.807, 2.05) is 13.8 Å². The van der Waals surface area contributed by atoms with Crippen molar-refractivity contribution in [2.45, 2.75) is 43.7 Å². The van der Waals surface area contributed by atoms with E-state index in [4.69, 9.17) is 0 Å². The number of nitrogens with zero attached hydrogens (tertiary/aromatic N) is 2. The molecule has 2 aromatic carbocycles. The summed E-state index contributed by atoms with van der Waals surface area (Å²) in [5.74, 6) is -0.629. The molecule has 0 aromatic heterocycles. The zero-order valence-electron chi connectivity index (χ0n) is 19.7. The minimum Gasteiger partial charge on any atom is -0.376 e. The predicted molar refractivity (Wildman–Crippen MR) is 126 cm³/mol. The first kappa shape index (κ1) is 26.0. The van der Waals surface area contributed by atoms with Gasteiger partial charge in [-0.3, -0.25) is 4.79 Å². The van der Waals surface area contributed by atoms with E-state index in [2.05, 4.69) is 5.32 Å². The third kappa shape index (κ3) is 5.72. The van der Waals surface area contributed by atoms with Gasteiger partial charge in [-0.1, -0.05) is 26.0 Å². The first-order valence-corrected chi connectivity index (χ1v) is 12.5. The molecule has 0 bridgehead atoms. The molecular weight excluding hydrogens is 467 g/mol. The molecule has 0 atom stereocenters. The molecular formula is C24H30F3N3O3S. The summed E-state index contributed by atoms with van der Waals surface area (Å²) in [5, 5.41) is 2.63. The lowest BCUT2D eigenvalue weighted by Gasteiger charge is -2.31. The lowest BCUT2D eigenvalue weighted by Crippen LogP contribution is -2.41. The van der Waals surface area contributed by atoms with Gasteiger partial charge in [-0.25, -0.2) is 8.42 Å². The molecule has 186 valence electrons. The number of rotatable bonds is 6. The van der Waals surface area contributed by atoms with Gasteiger partial charge in [-0.05, 0) is 54.7 Å². The number of anilines is 2. The van der Waals surface area contributed by atoms with Crippen LogP contribution in [0.1, 0.15) is 43.7 Å². The van der Waals surface area contributed by atoms with Gasteiger partial charge in [0, 0.05) is 33.1 Å². The summed E-state index contributed by atoms with van der Waals surface area (Å²) in [6, 6.07) is 10.0. The molecule has 1 saturated heterocycles. The van der Waals surface area contributed by atoms with Crippen LogP contribution in [0.25, 0.3) is 0 Å². The summed E-state index contributed by atoms with van der Waals surface area (Å²) in [6.07, 6.45) is -3.96. The second-order valence-electron chi connectivity index (χ2n) is 9.02. The minimum atomic E-state index is -4.53. The van der Waals surface area contributed by atoms with Gasteiger partial charge in [0.25, 0.3) is 0 Å². The Morgan fingerprint density at radius 3 is 2.15 bits per heavy atom. The quantitative estimate of drug-likeness (QED) is 0.614. The van der Waals surface area contributed by atoms with Crippen LogP contribution >= 0.6 is 0 Å². The van der Waals surface area contributed by atoms with Crippen molar-refractivity contribution in [2.75, 3.05) is 37.4 Å². The first-order chi connectivity index (χ1) is 15.8. The van der Waals surface area contributed by atoms with Crippen LogP contribution in [0.2, 0.25) is 0 Å². The summed E-state index contributed by atoms with van der Waals surface area (Å²) in [4.78, 5) is 14.7. The first-order valence-electron chi connectivity index (χ1n) is 11.1. The van der Waals surface area contributed by atoms with Gasteiger partial charge < -0.3 is 10.2 Å². The Morgan fingerprint density at radius 1 is 1.06 bits per heavy atom. The maximum absolute atomic E-state index is 13.2. The molecule has 2 aromatic rings. The molecule has 0 unspecified atom stereocenters. The van der Waals surface area contributed by atoms with Crippen molar-refractivity contribution in [3.8, 4) is 0 Å². The number of hydrogen-bond donors (Lipinski definition) is 1. The molecule has 0 aliphatic carbocycles. The number of halogens is 3. The number of sulfonamides is 1. The third-order valence-electron chi connectivity index (χ3n) is 6.07. The highest BCUT2D eigenvalue weighted by molar-refractivity contribution is 7.89. The van der Waals surface area contributed by atoms with E-state index in [1.165, 1.54) is 10.4 Å². The molecule has 1 heterocycles. The molecule has 0 spiro atoms. The molecule has 6 nitrogen and oxygen atoms in total. The molecule has 1 fully saturated rings. The number of benzene rings is 2. The summed E-state index contributed by atoms with van der Waals surface area (Å²) >= 11 is 0. The van der Waals surface area contributed by atoms with Crippen molar-refractivity contribution in [2.24, 2.45) is 5.92 Å². The molecule has 10 heteroatoms.